The molecule has 2 aromatic carbocycles. The van der Waals surface area contributed by atoms with Crippen molar-refractivity contribution in [2.24, 2.45) is 5.73 Å². The summed E-state index contributed by atoms with van der Waals surface area (Å²) in [6, 6.07) is 11.3. The average molecular weight is 303 g/mol. The summed E-state index contributed by atoms with van der Waals surface area (Å²) in [5, 5.41) is 3.96. The van der Waals surface area contributed by atoms with E-state index in [-0.39, 0.29) is 12.3 Å². The first-order valence-electron chi connectivity index (χ1n) is 6.72. The first-order chi connectivity index (χ1) is 10.1. The lowest BCUT2D eigenvalue weighted by atomic mass is 10.1. The quantitative estimate of drug-likeness (QED) is 0.912. The molecule has 1 heterocycles. The molecule has 0 aromatic heterocycles. The molecule has 0 atom stereocenters. The van der Waals surface area contributed by atoms with Gasteiger partial charge < -0.3 is 15.8 Å². The average Bonchev–Trinajstić information content (AvgIpc) is 2.88. The van der Waals surface area contributed by atoms with Crippen LogP contribution in [-0.4, -0.2) is 12.5 Å². The van der Waals surface area contributed by atoms with Crippen LogP contribution in [0.3, 0.4) is 0 Å². The van der Waals surface area contributed by atoms with E-state index >= 15 is 0 Å². The number of rotatable bonds is 4. The predicted molar refractivity (Wildman–Crippen MR) is 83.3 cm³/mol. The number of primary amides is 1. The van der Waals surface area contributed by atoms with Crippen molar-refractivity contribution in [3.63, 3.8) is 0 Å². The van der Waals surface area contributed by atoms with E-state index in [1.54, 1.807) is 0 Å². The molecule has 1 aliphatic heterocycles. The molecule has 1 amide bonds. The van der Waals surface area contributed by atoms with Gasteiger partial charge in [-0.25, -0.2) is 0 Å². The van der Waals surface area contributed by atoms with E-state index in [9.17, 15) is 4.79 Å². The summed E-state index contributed by atoms with van der Waals surface area (Å²) in [5.41, 5.74) is 8.87. The van der Waals surface area contributed by atoms with E-state index in [1.165, 1.54) is 0 Å². The molecule has 0 bridgehead atoms. The van der Waals surface area contributed by atoms with Crippen LogP contribution in [0.25, 0.3) is 0 Å². The summed E-state index contributed by atoms with van der Waals surface area (Å²) in [4.78, 5) is 11.2. The first-order valence-corrected chi connectivity index (χ1v) is 7.10. The summed E-state index contributed by atoms with van der Waals surface area (Å²) < 4.78 is 5.66. The van der Waals surface area contributed by atoms with E-state index in [4.69, 9.17) is 22.1 Å². The van der Waals surface area contributed by atoms with Crippen molar-refractivity contribution in [3.05, 3.63) is 52.5 Å². The number of anilines is 2. The van der Waals surface area contributed by atoms with E-state index in [2.05, 4.69) is 5.32 Å². The van der Waals surface area contributed by atoms with Gasteiger partial charge in [0.1, 0.15) is 5.75 Å². The van der Waals surface area contributed by atoms with Gasteiger partial charge in [0.05, 0.1) is 18.7 Å². The molecule has 4 nitrogen and oxygen atoms in total. The molecule has 108 valence electrons. The molecule has 3 N–H and O–H groups in total. The van der Waals surface area contributed by atoms with Crippen molar-refractivity contribution in [3.8, 4) is 5.75 Å². The van der Waals surface area contributed by atoms with E-state index in [0.717, 1.165) is 34.7 Å². The number of nitrogens with two attached hydrogens (primary N) is 1. The summed E-state index contributed by atoms with van der Waals surface area (Å²) in [5.74, 6) is 0.463. The zero-order valence-electron chi connectivity index (χ0n) is 11.4. The lowest BCUT2D eigenvalue weighted by Crippen LogP contribution is -2.14. The number of carbonyl (C=O) groups is 1. The second-order valence-electron chi connectivity index (χ2n) is 4.97. The summed E-state index contributed by atoms with van der Waals surface area (Å²) in [6.45, 7) is 0.660. The maximum Gasteiger partial charge on any atom is 0.221 e. The van der Waals surface area contributed by atoms with E-state index in [0.29, 0.717) is 11.6 Å². The summed E-state index contributed by atoms with van der Waals surface area (Å²) in [6.07, 6.45) is 1.04. The minimum absolute atomic E-state index is 0.187. The van der Waals surface area contributed by atoms with Gasteiger partial charge in [0.2, 0.25) is 5.91 Å². The number of carbonyl (C=O) groups excluding carboxylic acids is 1. The third-order valence-corrected chi connectivity index (χ3v) is 3.62. The van der Waals surface area contributed by atoms with Gasteiger partial charge in [0, 0.05) is 22.7 Å². The van der Waals surface area contributed by atoms with Crippen LogP contribution in [0, 0.1) is 0 Å². The zero-order chi connectivity index (χ0) is 14.8. The number of halogens is 1. The highest BCUT2D eigenvalue weighted by atomic mass is 35.5. The van der Waals surface area contributed by atoms with Crippen LogP contribution < -0.4 is 15.8 Å². The second-order valence-corrected chi connectivity index (χ2v) is 5.40. The van der Waals surface area contributed by atoms with Crippen LogP contribution in [0.2, 0.25) is 5.02 Å². The number of para-hydroxylation sites is 1. The Morgan fingerprint density at radius 1 is 1.29 bits per heavy atom. The van der Waals surface area contributed by atoms with Crippen molar-refractivity contribution in [2.75, 3.05) is 11.9 Å². The number of hydrogen-bond donors (Lipinski definition) is 2. The summed E-state index contributed by atoms with van der Waals surface area (Å²) in [7, 11) is 0. The molecule has 0 saturated heterocycles. The summed E-state index contributed by atoms with van der Waals surface area (Å²) >= 11 is 6.15. The number of ether oxygens (including phenoxy) is 1. The fraction of sp³-hybridized carbons (Fsp3) is 0.188. The van der Waals surface area contributed by atoms with Gasteiger partial charge in [-0.2, -0.15) is 0 Å². The van der Waals surface area contributed by atoms with Crippen molar-refractivity contribution >= 4 is 28.9 Å². The van der Waals surface area contributed by atoms with Gasteiger partial charge in [-0.05, 0) is 23.8 Å². The number of hydrogen-bond acceptors (Lipinski definition) is 3. The standard InChI is InChI=1S/C16H15ClN2O2/c17-12-7-11-5-6-21-16(11)14(9-12)19-13-4-2-1-3-10(13)8-15(18)20/h1-4,7,9,19H,5-6,8H2,(H2,18,20). The topological polar surface area (TPSA) is 64.4 Å². The third kappa shape index (κ3) is 2.95. The van der Waals surface area contributed by atoms with E-state index in [1.807, 2.05) is 36.4 Å². The fourth-order valence-electron chi connectivity index (χ4n) is 2.49. The number of benzene rings is 2. The van der Waals surface area contributed by atoms with Crippen LogP contribution in [0.15, 0.2) is 36.4 Å². The number of amides is 1. The zero-order valence-corrected chi connectivity index (χ0v) is 12.1. The molecular formula is C16H15ClN2O2. The molecule has 0 aliphatic carbocycles. The Hall–Kier alpha value is -2.20. The molecule has 0 fully saturated rings. The van der Waals surface area contributed by atoms with Crippen LogP contribution in [-0.2, 0) is 17.6 Å². The Bertz CT molecular complexity index is 701. The lowest BCUT2D eigenvalue weighted by Gasteiger charge is -2.14. The van der Waals surface area contributed by atoms with Gasteiger partial charge in [-0.3, -0.25) is 4.79 Å². The Morgan fingerprint density at radius 3 is 2.90 bits per heavy atom. The monoisotopic (exact) mass is 302 g/mol. The molecule has 5 heteroatoms. The molecule has 0 spiro atoms. The van der Waals surface area contributed by atoms with Gasteiger partial charge in [-0.1, -0.05) is 29.8 Å². The molecule has 1 aliphatic rings. The van der Waals surface area contributed by atoms with Crippen LogP contribution >= 0.6 is 11.6 Å². The van der Waals surface area contributed by atoms with Crippen LogP contribution in [0.1, 0.15) is 11.1 Å². The second kappa shape index (κ2) is 5.66. The highest BCUT2D eigenvalue weighted by molar-refractivity contribution is 6.31. The maximum absolute atomic E-state index is 11.2. The Balaban J connectivity index is 1.96. The third-order valence-electron chi connectivity index (χ3n) is 3.40. The molecular weight excluding hydrogens is 288 g/mol. The minimum atomic E-state index is -0.364. The molecule has 0 radical (unpaired) electrons. The number of fused-ring (bicyclic) bond motifs is 1. The first kappa shape index (κ1) is 13.8. The normalized spacial score (nSPS) is 12.6. The predicted octanol–water partition coefficient (Wildman–Crippen LogP) is 3.05. The van der Waals surface area contributed by atoms with Gasteiger partial charge in [-0.15, -0.1) is 0 Å². The lowest BCUT2D eigenvalue weighted by molar-refractivity contribution is -0.117. The smallest absolute Gasteiger partial charge is 0.221 e. The Morgan fingerprint density at radius 2 is 2.10 bits per heavy atom. The molecule has 0 saturated carbocycles. The van der Waals surface area contributed by atoms with Crippen LogP contribution in [0.4, 0.5) is 11.4 Å². The van der Waals surface area contributed by atoms with E-state index < -0.39 is 0 Å². The van der Waals surface area contributed by atoms with Gasteiger partial charge >= 0.3 is 0 Å². The molecule has 21 heavy (non-hydrogen) atoms. The highest BCUT2D eigenvalue weighted by Crippen LogP contribution is 2.38. The van der Waals surface area contributed by atoms with Crippen molar-refractivity contribution in [2.45, 2.75) is 12.8 Å². The van der Waals surface area contributed by atoms with Gasteiger partial charge in [0.15, 0.2) is 0 Å². The van der Waals surface area contributed by atoms with Crippen LogP contribution in [0.5, 0.6) is 5.75 Å². The van der Waals surface area contributed by atoms with Crippen molar-refractivity contribution in [1.29, 1.82) is 0 Å². The van der Waals surface area contributed by atoms with Gasteiger partial charge in [0.25, 0.3) is 0 Å². The SMILES string of the molecule is NC(=O)Cc1ccccc1Nc1cc(Cl)cc2c1OCC2. The Kier molecular flexibility index (Phi) is 3.71. The molecule has 0 unspecified atom stereocenters. The molecule has 2 aromatic rings. The minimum Gasteiger partial charge on any atom is -0.491 e. The van der Waals surface area contributed by atoms with Crippen molar-refractivity contribution < 1.29 is 9.53 Å². The largest absolute Gasteiger partial charge is 0.491 e. The Labute approximate surface area is 127 Å². The highest BCUT2D eigenvalue weighted by Gasteiger charge is 2.18. The number of nitrogens with one attached hydrogen (secondary N) is 1. The van der Waals surface area contributed by atoms with Crippen molar-refractivity contribution in [1.82, 2.24) is 0 Å². The fourth-order valence-corrected chi connectivity index (χ4v) is 2.73. The maximum atomic E-state index is 11.2. The molecule has 3 rings (SSSR count).